The third-order valence-corrected chi connectivity index (χ3v) is 5.16. The molecule has 0 bridgehead atoms. The largest absolute Gasteiger partial charge is 0.478 e. The first-order chi connectivity index (χ1) is 12.9. The van der Waals surface area contributed by atoms with E-state index in [9.17, 15) is 14.3 Å². The lowest BCUT2D eigenvalue weighted by atomic mass is 10.0. The molecule has 6 heteroatoms. The van der Waals surface area contributed by atoms with Gasteiger partial charge in [0.1, 0.15) is 11.5 Å². The average Bonchev–Trinajstić information content (AvgIpc) is 3.06. The van der Waals surface area contributed by atoms with Crippen molar-refractivity contribution in [1.29, 1.82) is 0 Å². The van der Waals surface area contributed by atoms with Gasteiger partial charge in [0.05, 0.1) is 16.6 Å². The quantitative estimate of drug-likeness (QED) is 0.744. The summed E-state index contributed by atoms with van der Waals surface area (Å²) in [5.41, 5.74) is 3.68. The van der Waals surface area contributed by atoms with E-state index in [0.717, 1.165) is 36.3 Å². The minimum Gasteiger partial charge on any atom is -0.478 e. The lowest BCUT2D eigenvalue weighted by Crippen LogP contribution is -2.28. The first-order valence-corrected chi connectivity index (χ1v) is 9.02. The van der Waals surface area contributed by atoms with Crippen LogP contribution in [0.25, 0.3) is 22.3 Å². The maximum absolute atomic E-state index is 13.6. The summed E-state index contributed by atoms with van der Waals surface area (Å²) in [6.45, 7) is 4.87. The molecule has 0 unspecified atom stereocenters. The highest BCUT2D eigenvalue weighted by molar-refractivity contribution is 5.93. The highest BCUT2D eigenvalue weighted by Gasteiger charge is 2.26. The van der Waals surface area contributed by atoms with Crippen LogP contribution in [-0.4, -0.2) is 33.6 Å². The molecule has 1 saturated heterocycles. The molecule has 138 valence electrons. The molecule has 27 heavy (non-hydrogen) atoms. The predicted molar refractivity (Wildman–Crippen MR) is 103 cm³/mol. The van der Waals surface area contributed by atoms with Crippen LogP contribution < -0.4 is 4.90 Å². The topological polar surface area (TPSA) is 66.3 Å². The number of hydrogen-bond donors (Lipinski definition) is 1. The molecule has 0 aliphatic carbocycles. The fourth-order valence-corrected chi connectivity index (χ4v) is 3.70. The van der Waals surface area contributed by atoms with Crippen LogP contribution in [0.1, 0.15) is 35.7 Å². The van der Waals surface area contributed by atoms with E-state index < -0.39 is 5.97 Å². The molecular weight excluding hydrogens is 345 g/mol. The summed E-state index contributed by atoms with van der Waals surface area (Å²) in [4.78, 5) is 23.1. The van der Waals surface area contributed by atoms with Gasteiger partial charge < -0.3 is 10.0 Å². The third-order valence-electron chi connectivity index (χ3n) is 5.16. The molecule has 5 nitrogen and oxygen atoms in total. The molecule has 2 aromatic carbocycles. The zero-order valence-corrected chi connectivity index (χ0v) is 15.2. The Hall–Kier alpha value is -3.02. The number of carbonyl (C=O) groups is 1. The molecule has 0 spiro atoms. The average molecular weight is 365 g/mol. The Morgan fingerprint density at radius 2 is 2.00 bits per heavy atom. The van der Waals surface area contributed by atoms with Crippen molar-refractivity contribution in [1.82, 2.24) is 9.97 Å². The highest BCUT2D eigenvalue weighted by atomic mass is 19.1. The molecule has 2 heterocycles. The normalized spacial score (nSPS) is 16.9. The van der Waals surface area contributed by atoms with Gasteiger partial charge in [0.2, 0.25) is 0 Å². The van der Waals surface area contributed by atoms with Crippen molar-refractivity contribution in [2.45, 2.75) is 32.7 Å². The van der Waals surface area contributed by atoms with E-state index >= 15 is 0 Å². The van der Waals surface area contributed by atoms with Crippen molar-refractivity contribution >= 4 is 22.8 Å². The molecule has 1 aliphatic rings. The van der Waals surface area contributed by atoms with Crippen LogP contribution in [0.3, 0.4) is 0 Å². The number of benzene rings is 2. The van der Waals surface area contributed by atoms with Crippen molar-refractivity contribution in [3.63, 3.8) is 0 Å². The number of fused-ring (bicyclic) bond motifs is 1. The van der Waals surface area contributed by atoms with Gasteiger partial charge in [0.15, 0.2) is 5.82 Å². The monoisotopic (exact) mass is 365 g/mol. The zero-order valence-electron chi connectivity index (χ0n) is 15.2. The Labute approximate surface area is 156 Å². The molecule has 3 aromatic rings. The number of hydrogen-bond acceptors (Lipinski definition) is 4. The number of carboxylic acids is 1. The van der Waals surface area contributed by atoms with Crippen LogP contribution in [-0.2, 0) is 0 Å². The first kappa shape index (κ1) is 17.4. The maximum Gasteiger partial charge on any atom is 0.335 e. The smallest absolute Gasteiger partial charge is 0.335 e. The van der Waals surface area contributed by atoms with Crippen molar-refractivity contribution in [2.75, 3.05) is 11.4 Å². The second-order valence-corrected chi connectivity index (χ2v) is 7.05. The number of carboxylic acid groups (broad SMARTS) is 1. The fourth-order valence-electron chi connectivity index (χ4n) is 3.70. The molecule has 1 aliphatic heterocycles. The number of aryl methyl sites for hydroxylation is 1. The van der Waals surface area contributed by atoms with Crippen LogP contribution in [0.2, 0.25) is 0 Å². The molecule has 1 fully saturated rings. The Bertz CT molecular complexity index is 1050. The van der Waals surface area contributed by atoms with Gasteiger partial charge >= 0.3 is 5.97 Å². The van der Waals surface area contributed by atoms with Crippen molar-refractivity contribution in [3.05, 3.63) is 53.3 Å². The Balaban J connectivity index is 1.97. The number of rotatable bonds is 3. The lowest BCUT2D eigenvalue weighted by Gasteiger charge is -2.25. The molecular formula is C21H20FN3O2. The number of anilines is 1. The Morgan fingerprint density at radius 1 is 1.19 bits per heavy atom. The fraction of sp³-hybridized carbons (Fsp3) is 0.286. The summed E-state index contributed by atoms with van der Waals surface area (Å²) < 4.78 is 13.6. The van der Waals surface area contributed by atoms with Crippen molar-refractivity contribution in [2.24, 2.45) is 0 Å². The van der Waals surface area contributed by atoms with Crippen molar-refractivity contribution < 1.29 is 14.3 Å². The summed E-state index contributed by atoms with van der Waals surface area (Å²) in [5, 5.41) is 9.27. The minimum absolute atomic E-state index is 0.183. The first-order valence-electron chi connectivity index (χ1n) is 9.02. The molecule has 0 saturated carbocycles. The standard InChI is InChI=1S/C21H20FN3O2/c1-12-10-15(22)6-7-16(12)19-20(25-9-3-4-13(25)2)24-18-11-14(21(26)27)5-8-17(18)23-19/h5-8,10-11,13H,3-4,9H2,1-2H3,(H,26,27)/t13-/m0/s1. The van der Waals surface area contributed by atoms with Crippen LogP contribution in [0.15, 0.2) is 36.4 Å². The number of aromatic carboxylic acids is 1. The summed E-state index contributed by atoms with van der Waals surface area (Å²) in [5.74, 6) is -0.551. The second-order valence-electron chi connectivity index (χ2n) is 7.05. The molecule has 1 aromatic heterocycles. The van der Waals surface area contributed by atoms with Crippen molar-refractivity contribution in [3.8, 4) is 11.3 Å². The van der Waals surface area contributed by atoms with Crippen LogP contribution in [0.4, 0.5) is 10.2 Å². The molecule has 0 amide bonds. The van der Waals surface area contributed by atoms with E-state index in [2.05, 4.69) is 11.8 Å². The molecule has 1 atom stereocenters. The van der Waals surface area contributed by atoms with Gasteiger partial charge in [0, 0.05) is 18.2 Å². The zero-order chi connectivity index (χ0) is 19.1. The number of halogens is 1. The molecule has 1 N–H and O–H groups in total. The summed E-state index contributed by atoms with van der Waals surface area (Å²) in [6.07, 6.45) is 2.13. The van der Waals surface area contributed by atoms with Gasteiger partial charge in [-0.3, -0.25) is 0 Å². The van der Waals surface area contributed by atoms with E-state index in [1.165, 1.54) is 18.2 Å². The second kappa shape index (κ2) is 6.61. The maximum atomic E-state index is 13.6. The highest BCUT2D eigenvalue weighted by Crippen LogP contribution is 2.35. The van der Waals surface area contributed by atoms with E-state index in [4.69, 9.17) is 9.97 Å². The summed E-state index contributed by atoms with van der Waals surface area (Å²) in [7, 11) is 0. The Kier molecular flexibility index (Phi) is 4.26. The Morgan fingerprint density at radius 3 is 2.67 bits per heavy atom. The number of nitrogens with zero attached hydrogens (tertiary/aromatic N) is 3. The molecule has 4 rings (SSSR count). The minimum atomic E-state index is -0.992. The SMILES string of the molecule is Cc1cc(F)ccc1-c1nc2ccc(C(=O)O)cc2nc1N1CCC[C@@H]1C. The van der Waals surface area contributed by atoms with Crippen LogP contribution in [0, 0.1) is 12.7 Å². The van der Waals surface area contributed by atoms with E-state index in [-0.39, 0.29) is 11.4 Å². The van der Waals surface area contributed by atoms with Crippen LogP contribution in [0.5, 0.6) is 0 Å². The van der Waals surface area contributed by atoms with E-state index in [1.54, 1.807) is 18.2 Å². The summed E-state index contributed by atoms with van der Waals surface area (Å²) in [6, 6.07) is 9.72. The molecule has 0 radical (unpaired) electrons. The van der Waals surface area contributed by atoms with E-state index in [0.29, 0.717) is 22.8 Å². The third kappa shape index (κ3) is 3.12. The van der Waals surface area contributed by atoms with Gasteiger partial charge in [-0.25, -0.2) is 19.2 Å². The van der Waals surface area contributed by atoms with Crippen LogP contribution >= 0.6 is 0 Å². The van der Waals surface area contributed by atoms with Gasteiger partial charge in [-0.2, -0.15) is 0 Å². The number of aromatic nitrogens is 2. The van der Waals surface area contributed by atoms with Gasteiger partial charge in [-0.05, 0) is 68.7 Å². The summed E-state index contributed by atoms with van der Waals surface area (Å²) >= 11 is 0. The van der Waals surface area contributed by atoms with Gasteiger partial charge in [-0.15, -0.1) is 0 Å². The van der Waals surface area contributed by atoms with Gasteiger partial charge in [-0.1, -0.05) is 0 Å². The predicted octanol–water partition coefficient (Wildman–Crippen LogP) is 4.43. The lowest BCUT2D eigenvalue weighted by molar-refractivity contribution is 0.0697. The van der Waals surface area contributed by atoms with Gasteiger partial charge in [0.25, 0.3) is 0 Å². The van der Waals surface area contributed by atoms with E-state index in [1.807, 2.05) is 6.92 Å².